The molecule has 2 N–H and O–H groups in total. The normalized spacial score (nSPS) is 20.7. The summed E-state index contributed by atoms with van der Waals surface area (Å²) in [4.78, 5) is 28.1. The Hall–Kier alpha value is -2.76. The Labute approximate surface area is 163 Å². The molecule has 146 valence electrons. The molecule has 1 unspecified atom stereocenters. The molecule has 0 spiro atoms. The Morgan fingerprint density at radius 1 is 1.29 bits per heavy atom. The van der Waals surface area contributed by atoms with Gasteiger partial charge in [0.15, 0.2) is 0 Å². The molecule has 0 saturated carbocycles. The van der Waals surface area contributed by atoms with E-state index in [9.17, 15) is 9.59 Å². The molecule has 2 aliphatic rings. The molecule has 8 nitrogen and oxygen atoms in total. The molecule has 0 radical (unpaired) electrons. The van der Waals surface area contributed by atoms with Gasteiger partial charge in [0, 0.05) is 12.6 Å². The molecular weight excluding hydrogens is 358 g/mol. The zero-order valence-corrected chi connectivity index (χ0v) is 15.8. The van der Waals surface area contributed by atoms with Crippen LogP contribution in [0.15, 0.2) is 12.3 Å². The number of ether oxygens (including phenoxy) is 1. The van der Waals surface area contributed by atoms with Gasteiger partial charge in [0.2, 0.25) is 5.91 Å². The summed E-state index contributed by atoms with van der Waals surface area (Å²) >= 11 is 0. The summed E-state index contributed by atoms with van der Waals surface area (Å²) in [6, 6.07) is 1.33. The number of hydrogen-bond donors (Lipinski definition) is 2. The third-order valence-electron chi connectivity index (χ3n) is 5.18. The second kappa shape index (κ2) is 8.09. The highest BCUT2D eigenvalue weighted by Crippen LogP contribution is 2.27. The number of imide groups is 1. The summed E-state index contributed by atoms with van der Waals surface area (Å²) in [6.45, 7) is 4.21. The molecule has 4 rings (SSSR count). The molecule has 4 heterocycles. The van der Waals surface area contributed by atoms with Crippen molar-refractivity contribution in [3.05, 3.63) is 23.7 Å². The first-order valence-electron chi connectivity index (χ1n) is 9.62. The van der Waals surface area contributed by atoms with Crippen LogP contribution in [0.5, 0.6) is 0 Å². The van der Waals surface area contributed by atoms with Gasteiger partial charge in [0.25, 0.3) is 5.91 Å². The zero-order valence-electron chi connectivity index (χ0n) is 15.8. The fraction of sp³-hybridized carbons (Fsp3) is 0.500. The highest BCUT2D eigenvalue weighted by molar-refractivity contribution is 6.00. The number of aromatic nitrogens is 3. The van der Waals surface area contributed by atoms with Crippen molar-refractivity contribution >= 4 is 22.7 Å². The molecule has 2 saturated heterocycles. The molecule has 28 heavy (non-hydrogen) atoms. The highest BCUT2D eigenvalue weighted by Gasteiger charge is 2.30. The number of aryl methyl sites for hydroxylation is 1. The van der Waals surface area contributed by atoms with Gasteiger partial charge >= 0.3 is 0 Å². The number of nitrogens with zero attached hydrogens (tertiary/aromatic N) is 3. The first-order valence-corrected chi connectivity index (χ1v) is 9.62. The van der Waals surface area contributed by atoms with Crippen molar-refractivity contribution in [1.29, 1.82) is 0 Å². The van der Waals surface area contributed by atoms with Crippen LogP contribution in [0.1, 0.15) is 43.1 Å². The van der Waals surface area contributed by atoms with Gasteiger partial charge < -0.3 is 10.1 Å². The largest absolute Gasteiger partial charge is 0.365 e. The van der Waals surface area contributed by atoms with Gasteiger partial charge in [-0.1, -0.05) is 5.92 Å². The number of fused-ring (bicyclic) bond motifs is 1. The predicted octanol–water partition coefficient (Wildman–Crippen LogP) is 0.838. The number of rotatable bonds is 3. The van der Waals surface area contributed by atoms with Crippen molar-refractivity contribution in [2.45, 2.75) is 44.8 Å². The molecule has 2 aromatic heterocycles. The fourth-order valence-electron chi connectivity index (χ4n) is 3.75. The first kappa shape index (κ1) is 18.6. The molecule has 8 heteroatoms. The van der Waals surface area contributed by atoms with E-state index >= 15 is 0 Å². The Morgan fingerprint density at radius 2 is 2.11 bits per heavy atom. The van der Waals surface area contributed by atoms with E-state index < -0.39 is 6.04 Å². The zero-order chi connectivity index (χ0) is 19.5. The third-order valence-corrected chi connectivity index (χ3v) is 5.18. The van der Waals surface area contributed by atoms with E-state index in [0.29, 0.717) is 25.1 Å². The van der Waals surface area contributed by atoms with Crippen LogP contribution in [0.2, 0.25) is 0 Å². The van der Waals surface area contributed by atoms with Gasteiger partial charge in [0.1, 0.15) is 18.3 Å². The molecule has 0 aromatic carbocycles. The number of hydrogen-bond acceptors (Lipinski definition) is 6. The van der Waals surface area contributed by atoms with Gasteiger partial charge in [-0.3, -0.25) is 19.6 Å². The number of carbonyl (C=O) groups excluding carboxylic acids is 2. The van der Waals surface area contributed by atoms with Gasteiger partial charge in [-0.05, 0) is 51.3 Å². The fourth-order valence-corrected chi connectivity index (χ4v) is 3.75. The summed E-state index contributed by atoms with van der Waals surface area (Å²) in [6.07, 6.45) is 4.69. The SMILES string of the molecule is Cc1nn(C2CCC(=O)NC2=O)c2ccnc(C#CCOC3CCNCC3)c12. The minimum Gasteiger partial charge on any atom is -0.365 e. The van der Waals surface area contributed by atoms with Gasteiger partial charge in [-0.15, -0.1) is 0 Å². The number of pyridine rings is 1. The van der Waals surface area contributed by atoms with Crippen molar-refractivity contribution in [2.75, 3.05) is 19.7 Å². The minimum atomic E-state index is -0.500. The number of amides is 2. The molecular formula is C20H23N5O3. The van der Waals surface area contributed by atoms with E-state index in [4.69, 9.17) is 4.74 Å². The summed E-state index contributed by atoms with van der Waals surface area (Å²) in [5.41, 5.74) is 2.18. The van der Waals surface area contributed by atoms with Crippen LogP contribution in [0.25, 0.3) is 10.9 Å². The lowest BCUT2D eigenvalue weighted by Gasteiger charge is -2.21. The van der Waals surface area contributed by atoms with Crippen molar-refractivity contribution in [3.63, 3.8) is 0 Å². The third kappa shape index (κ3) is 3.77. The molecule has 0 aliphatic carbocycles. The van der Waals surface area contributed by atoms with Crippen molar-refractivity contribution in [1.82, 2.24) is 25.4 Å². The van der Waals surface area contributed by atoms with E-state index in [1.54, 1.807) is 10.9 Å². The molecule has 0 bridgehead atoms. The average Bonchev–Trinajstić information content (AvgIpc) is 3.03. The predicted molar refractivity (Wildman–Crippen MR) is 102 cm³/mol. The number of carbonyl (C=O) groups is 2. The molecule has 2 fully saturated rings. The molecule has 2 aliphatic heterocycles. The van der Waals surface area contributed by atoms with Gasteiger partial charge in [-0.25, -0.2) is 4.98 Å². The maximum Gasteiger partial charge on any atom is 0.251 e. The number of nitrogens with one attached hydrogen (secondary N) is 2. The standard InChI is InChI=1S/C20H23N5O3/c1-13-19-15(3-2-12-28-14-6-9-21-10-7-14)22-11-8-16(19)25(24-13)17-4-5-18(26)23-20(17)27/h8,11,14,17,21H,4-7,9-10,12H2,1H3,(H,23,26,27). The lowest BCUT2D eigenvalue weighted by Crippen LogP contribution is -2.42. The van der Waals surface area contributed by atoms with Crippen LogP contribution in [-0.2, 0) is 14.3 Å². The van der Waals surface area contributed by atoms with Gasteiger partial charge in [-0.2, -0.15) is 5.10 Å². The minimum absolute atomic E-state index is 0.239. The topological polar surface area (TPSA) is 98.1 Å². The second-order valence-electron chi connectivity index (χ2n) is 7.11. The Morgan fingerprint density at radius 3 is 2.89 bits per heavy atom. The summed E-state index contributed by atoms with van der Waals surface area (Å²) in [5, 5.41) is 11.1. The quantitative estimate of drug-likeness (QED) is 0.604. The van der Waals surface area contributed by atoms with E-state index in [-0.39, 0.29) is 17.9 Å². The van der Waals surface area contributed by atoms with Crippen LogP contribution in [0.4, 0.5) is 0 Å². The average molecular weight is 381 g/mol. The van der Waals surface area contributed by atoms with E-state index in [1.165, 1.54) is 0 Å². The lowest BCUT2D eigenvalue weighted by molar-refractivity contribution is -0.135. The van der Waals surface area contributed by atoms with Crippen molar-refractivity contribution < 1.29 is 14.3 Å². The van der Waals surface area contributed by atoms with Crippen LogP contribution >= 0.6 is 0 Å². The highest BCUT2D eigenvalue weighted by atomic mass is 16.5. The monoisotopic (exact) mass is 381 g/mol. The molecule has 2 aromatic rings. The Balaban J connectivity index is 1.56. The number of piperidine rings is 2. The smallest absolute Gasteiger partial charge is 0.251 e. The van der Waals surface area contributed by atoms with Crippen molar-refractivity contribution in [3.8, 4) is 11.8 Å². The summed E-state index contributed by atoms with van der Waals surface area (Å²) < 4.78 is 7.51. The van der Waals surface area contributed by atoms with Crippen LogP contribution in [0.3, 0.4) is 0 Å². The van der Waals surface area contributed by atoms with E-state index in [2.05, 4.69) is 32.6 Å². The lowest BCUT2D eigenvalue weighted by atomic mass is 10.1. The van der Waals surface area contributed by atoms with E-state index in [0.717, 1.165) is 42.5 Å². The first-order chi connectivity index (χ1) is 13.6. The molecule has 1 atom stereocenters. The Kier molecular flexibility index (Phi) is 5.37. The van der Waals surface area contributed by atoms with Gasteiger partial charge in [0.05, 0.1) is 22.7 Å². The summed E-state index contributed by atoms with van der Waals surface area (Å²) in [5.74, 6) is 5.59. The summed E-state index contributed by atoms with van der Waals surface area (Å²) in [7, 11) is 0. The molecule has 2 amide bonds. The van der Waals surface area contributed by atoms with Crippen molar-refractivity contribution in [2.24, 2.45) is 0 Å². The maximum atomic E-state index is 12.2. The van der Waals surface area contributed by atoms with E-state index in [1.807, 2.05) is 13.0 Å². The second-order valence-corrected chi connectivity index (χ2v) is 7.11. The Bertz CT molecular complexity index is 965. The van der Waals surface area contributed by atoms with Crippen LogP contribution in [0, 0.1) is 18.8 Å². The van der Waals surface area contributed by atoms with Crippen LogP contribution < -0.4 is 10.6 Å². The maximum absolute atomic E-state index is 12.2. The van der Waals surface area contributed by atoms with Crippen LogP contribution in [-0.4, -0.2) is 52.4 Å².